The molecule has 0 saturated heterocycles. The molecule has 1 aromatic carbocycles. The molecule has 1 rings (SSSR count). The first-order chi connectivity index (χ1) is 10.5. The zero-order chi connectivity index (χ0) is 16.6. The van der Waals surface area contributed by atoms with Crippen LogP contribution in [0.4, 0.5) is 14.9 Å². The number of terminal acetylenes is 1. The number of amides is 2. The van der Waals surface area contributed by atoms with Crippen LogP contribution in [0.15, 0.2) is 18.2 Å². The summed E-state index contributed by atoms with van der Waals surface area (Å²) in [6.07, 6.45) is 6.27. The number of hydrogen-bond donors (Lipinski definition) is 3. The van der Waals surface area contributed by atoms with E-state index >= 15 is 0 Å². The zero-order valence-corrected chi connectivity index (χ0v) is 12.8. The third-order valence-corrected chi connectivity index (χ3v) is 3.54. The fraction of sp³-hybridized carbons (Fsp3) is 0.438. The van der Waals surface area contributed by atoms with Crippen LogP contribution in [0.2, 0.25) is 0 Å². The molecule has 0 atom stereocenters. The average Bonchev–Trinajstić information content (AvgIpc) is 2.53. The zero-order valence-electron chi connectivity index (χ0n) is 12.8. The van der Waals surface area contributed by atoms with E-state index in [9.17, 15) is 14.3 Å². The lowest BCUT2D eigenvalue weighted by Gasteiger charge is -2.30. The van der Waals surface area contributed by atoms with Gasteiger partial charge in [0.15, 0.2) is 0 Å². The minimum atomic E-state index is -0.691. The Balaban J connectivity index is 2.86. The van der Waals surface area contributed by atoms with Crippen molar-refractivity contribution < 1.29 is 19.0 Å². The number of hydrogen-bond acceptors (Lipinski definition) is 3. The van der Waals surface area contributed by atoms with Gasteiger partial charge in [-0.15, -0.1) is 6.42 Å². The van der Waals surface area contributed by atoms with E-state index in [-0.39, 0.29) is 19.0 Å². The number of nitrogens with one attached hydrogen (secondary N) is 2. The van der Waals surface area contributed by atoms with Crippen molar-refractivity contribution in [2.24, 2.45) is 0 Å². The molecule has 0 aromatic heterocycles. The van der Waals surface area contributed by atoms with Crippen LogP contribution in [-0.2, 0) is 0 Å². The Morgan fingerprint density at radius 3 is 2.68 bits per heavy atom. The Morgan fingerprint density at radius 1 is 1.45 bits per heavy atom. The second kappa shape index (κ2) is 8.25. The molecule has 0 fully saturated rings. The molecule has 0 saturated carbocycles. The molecular weight excluding hydrogens is 287 g/mol. The Labute approximate surface area is 129 Å². The highest BCUT2D eigenvalue weighted by Crippen LogP contribution is 2.25. The van der Waals surface area contributed by atoms with E-state index in [1.54, 1.807) is 0 Å². The monoisotopic (exact) mass is 308 g/mol. The summed E-state index contributed by atoms with van der Waals surface area (Å²) in [7, 11) is 0. The number of ether oxygens (including phenoxy) is 1. The Hall–Kier alpha value is -2.26. The number of halogens is 1. The van der Waals surface area contributed by atoms with Gasteiger partial charge in [-0.3, -0.25) is 0 Å². The summed E-state index contributed by atoms with van der Waals surface area (Å²) in [4.78, 5) is 12.1. The van der Waals surface area contributed by atoms with Crippen molar-refractivity contribution in [1.29, 1.82) is 0 Å². The first-order valence-corrected chi connectivity index (χ1v) is 7.06. The second-order valence-electron chi connectivity index (χ2n) is 4.86. The summed E-state index contributed by atoms with van der Waals surface area (Å²) >= 11 is 0. The number of anilines is 1. The number of aliphatic hydroxyl groups is 1. The minimum absolute atomic E-state index is 0.0375. The third-order valence-electron chi connectivity index (χ3n) is 3.54. The normalized spacial score (nSPS) is 10.7. The maximum absolute atomic E-state index is 13.3. The molecule has 0 unspecified atom stereocenters. The quantitative estimate of drug-likeness (QED) is 0.678. The first kappa shape index (κ1) is 17.8. The highest BCUT2D eigenvalue weighted by molar-refractivity contribution is 5.91. The van der Waals surface area contributed by atoms with Gasteiger partial charge in [0, 0.05) is 6.07 Å². The van der Waals surface area contributed by atoms with Gasteiger partial charge in [0.1, 0.15) is 18.2 Å². The standard InChI is InChI=1S/C16H21FN2O3/c1-4-9-22-14-10-12(17)7-8-13(14)18-15(21)19-16(5-2,6-3)11-20/h1,7-8,10,20H,5-6,9,11H2,2-3H3,(H2,18,19,21). The maximum Gasteiger partial charge on any atom is 0.319 e. The topological polar surface area (TPSA) is 70.6 Å². The third kappa shape index (κ3) is 4.64. The van der Waals surface area contributed by atoms with Crippen molar-refractivity contribution in [3.63, 3.8) is 0 Å². The lowest BCUT2D eigenvalue weighted by molar-refractivity contribution is 0.155. The summed E-state index contributed by atoms with van der Waals surface area (Å²) in [5.74, 6) is 1.93. The van der Waals surface area contributed by atoms with Crippen LogP contribution in [0.1, 0.15) is 26.7 Å². The smallest absolute Gasteiger partial charge is 0.319 e. The highest BCUT2D eigenvalue weighted by Gasteiger charge is 2.27. The molecule has 1 aromatic rings. The van der Waals surface area contributed by atoms with Crippen molar-refractivity contribution in [2.45, 2.75) is 32.2 Å². The van der Waals surface area contributed by atoms with E-state index in [0.29, 0.717) is 18.5 Å². The van der Waals surface area contributed by atoms with E-state index in [1.807, 2.05) is 13.8 Å². The summed E-state index contributed by atoms with van der Waals surface area (Å²) in [6, 6.07) is 3.23. The Bertz CT molecular complexity index is 543. The summed E-state index contributed by atoms with van der Waals surface area (Å²) in [5.41, 5.74) is -0.391. The molecule has 0 aliphatic heterocycles. The Kier molecular flexibility index (Phi) is 6.67. The molecule has 0 bridgehead atoms. The van der Waals surface area contributed by atoms with E-state index in [0.717, 1.165) is 6.07 Å². The van der Waals surface area contributed by atoms with Crippen molar-refractivity contribution in [2.75, 3.05) is 18.5 Å². The van der Waals surface area contributed by atoms with Gasteiger partial charge in [-0.2, -0.15) is 0 Å². The lowest BCUT2D eigenvalue weighted by atomic mass is 9.94. The van der Waals surface area contributed by atoms with Gasteiger partial charge in [0.25, 0.3) is 0 Å². The fourth-order valence-corrected chi connectivity index (χ4v) is 1.92. The molecular formula is C16H21FN2O3. The average molecular weight is 308 g/mol. The summed E-state index contributed by atoms with van der Waals surface area (Å²) < 4.78 is 18.5. The summed E-state index contributed by atoms with van der Waals surface area (Å²) in [5, 5.41) is 14.8. The van der Waals surface area contributed by atoms with Gasteiger partial charge in [0.05, 0.1) is 17.8 Å². The van der Waals surface area contributed by atoms with Gasteiger partial charge in [-0.05, 0) is 25.0 Å². The molecule has 0 spiro atoms. The second-order valence-corrected chi connectivity index (χ2v) is 4.86. The van der Waals surface area contributed by atoms with Gasteiger partial charge in [-0.1, -0.05) is 19.8 Å². The molecule has 120 valence electrons. The molecule has 0 heterocycles. The fourth-order valence-electron chi connectivity index (χ4n) is 1.92. The maximum atomic E-state index is 13.3. The van der Waals surface area contributed by atoms with E-state index in [1.165, 1.54) is 12.1 Å². The number of aliphatic hydroxyl groups excluding tert-OH is 1. The van der Waals surface area contributed by atoms with Crippen LogP contribution in [0.5, 0.6) is 5.75 Å². The van der Waals surface area contributed by atoms with E-state index in [4.69, 9.17) is 11.2 Å². The minimum Gasteiger partial charge on any atom is -0.479 e. The number of benzene rings is 1. The van der Waals surface area contributed by atoms with Crippen LogP contribution in [0.3, 0.4) is 0 Å². The van der Waals surface area contributed by atoms with Gasteiger partial charge >= 0.3 is 6.03 Å². The molecule has 22 heavy (non-hydrogen) atoms. The van der Waals surface area contributed by atoms with E-state index in [2.05, 4.69) is 16.6 Å². The largest absolute Gasteiger partial charge is 0.479 e. The van der Waals surface area contributed by atoms with Gasteiger partial charge < -0.3 is 20.5 Å². The van der Waals surface area contributed by atoms with Crippen molar-refractivity contribution in [3.05, 3.63) is 24.0 Å². The van der Waals surface area contributed by atoms with Crippen LogP contribution >= 0.6 is 0 Å². The predicted octanol–water partition coefficient (Wildman–Crippen LogP) is 2.51. The molecule has 3 N–H and O–H groups in total. The lowest BCUT2D eigenvalue weighted by Crippen LogP contribution is -2.52. The van der Waals surface area contributed by atoms with Crippen LogP contribution < -0.4 is 15.4 Å². The van der Waals surface area contributed by atoms with Gasteiger partial charge in [-0.25, -0.2) is 9.18 Å². The molecule has 0 aliphatic carbocycles. The number of carbonyl (C=O) groups is 1. The molecule has 6 heteroatoms. The molecule has 2 amide bonds. The Morgan fingerprint density at radius 2 is 2.14 bits per heavy atom. The number of rotatable bonds is 7. The highest BCUT2D eigenvalue weighted by atomic mass is 19.1. The van der Waals surface area contributed by atoms with Crippen LogP contribution in [0.25, 0.3) is 0 Å². The van der Waals surface area contributed by atoms with Crippen LogP contribution in [0, 0.1) is 18.2 Å². The first-order valence-electron chi connectivity index (χ1n) is 7.06. The van der Waals surface area contributed by atoms with E-state index < -0.39 is 17.4 Å². The summed E-state index contributed by atoms with van der Waals surface area (Å²) in [6.45, 7) is 3.54. The SMILES string of the molecule is C#CCOc1cc(F)ccc1NC(=O)NC(CC)(CC)CO. The van der Waals surface area contributed by atoms with Crippen molar-refractivity contribution in [3.8, 4) is 18.1 Å². The van der Waals surface area contributed by atoms with Gasteiger partial charge in [0.2, 0.25) is 0 Å². The number of carbonyl (C=O) groups excluding carboxylic acids is 1. The predicted molar refractivity (Wildman–Crippen MR) is 83.3 cm³/mol. The molecule has 5 nitrogen and oxygen atoms in total. The van der Waals surface area contributed by atoms with Crippen LogP contribution in [-0.4, -0.2) is 29.9 Å². The van der Waals surface area contributed by atoms with Crippen molar-refractivity contribution >= 4 is 11.7 Å². The van der Waals surface area contributed by atoms with Crippen molar-refractivity contribution in [1.82, 2.24) is 5.32 Å². The molecule has 0 radical (unpaired) electrons. The number of urea groups is 1. The molecule has 0 aliphatic rings.